The van der Waals surface area contributed by atoms with Crippen LogP contribution in [0.3, 0.4) is 0 Å². The lowest BCUT2D eigenvalue weighted by Crippen LogP contribution is -2.26. The minimum absolute atomic E-state index is 0.154. The second-order valence-corrected chi connectivity index (χ2v) is 5.00. The Balaban J connectivity index is 1.99. The number of aromatic nitrogens is 1. The van der Waals surface area contributed by atoms with Crippen LogP contribution in [0.4, 0.5) is 0 Å². The molecule has 0 saturated heterocycles. The molecule has 1 aromatic carbocycles. The molecule has 0 aliphatic rings. The first-order valence-corrected chi connectivity index (χ1v) is 6.95. The Morgan fingerprint density at radius 1 is 1.29 bits per heavy atom. The fraction of sp³-hybridized carbons (Fsp3) is 0.294. The van der Waals surface area contributed by atoms with Crippen molar-refractivity contribution in [3.05, 3.63) is 58.9 Å². The van der Waals surface area contributed by atoms with Crippen LogP contribution in [-0.2, 0) is 6.42 Å². The summed E-state index contributed by atoms with van der Waals surface area (Å²) in [6.07, 6.45) is 2.34. The van der Waals surface area contributed by atoms with E-state index < -0.39 is 0 Å². The molecule has 0 radical (unpaired) electrons. The third-order valence-corrected chi connectivity index (χ3v) is 3.28. The third-order valence-electron chi connectivity index (χ3n) is 3.28. The van der Waals surface area contributed by atoms with E-state index in [0.29, 0.717) is 12.2 Å². The van der Waals surface area contributed by atoms with Gasteiger partial charge in [-0.3, -0.25) is 9.78 Å². The number of ether oxygens (including phenoxy) is 1. The van der Waals surface area contributed by atoms with Crippen LogP contribution in [0, 0.1) is 13.8 Å². The Morgan fingerprint density at radius 3 is 2.76 bits per heavy atom. The maximum atomic E-state index is 11.9. The number of benzene rings is 1. The molecule has 1 amide bonds. The maximum absolute atomic E-state index is 11.9. The van der Waals surface area contributed by atoms with E-state index in [1.807, 2.05) is 6.92 Å². The van der Waals surface area contributed by atoms with Crippen LogP contribution in [0.5, 0.6) is 5.75 Å². The van der Waals surface area contributed by atoms with Crippen molar-refractivity contribution in [1.29, 1.82) is 0 Å². The van der Waals surface area contributed by atoms with Crippen molar-refractivity contribution in [2.75, 3.05) is 13.7 Å². The number of methoxy groups -OCH3 is 1. The van der Waals surface area contributed by atoms with Crippen molar-refractivity contribution < 1.29 is 9.53 Å². The fourth-order valence-corrected chi connectivity index (χ4v) is 2.42. The van der Waals surface area contributed by atoms with Crippen LogP contribution in [0.2, 0.25) is 0 Å². The summed E-state index contributed by atoms with van der Waals surface area (Å²) in [7, 11) is 1.67. The van der Waals surface area contributed by atoms with Crippen molar-refractivity contribution in [2.45, 2.75) is 20.3 Å². The highest BCUT2D eigenvalue weighted by Gasteiger charge is 2.09. The van der Waals surface area contributed by atoms with Crippen LogP contribution in [0.25, 0.3) is 0 Å². The monoisotopic (exact) mass is 284 g/mol. The number of carbonyl (C=O) groups is 1. The van der Waals surface area contributed by atoms with E-state index >= 15 is 0 Å². The Bertz CT molecular complexity index is 624. The molecule has 0 bridgehead atoms. The topological polar surface area (TPSA) is 51.2 Å². The first-order chi connectivity index (χ1) is 10.1. The van der Waals surface area contributed by atoms with Gasteiger partial charge in [-0.25, -0.2) is 0 Å². The van der Waals surface area contributed by atoms with Crippen LogP contribution in [0.15, 0.2) is 36.5 Å². The zero-order valence-corrected chi connectivity index (χ0v) is 12.6. The number of amides is 1. The minimum Gasteiger partial charge on any atom is -0.496 e. The summed E-state index contributed by atoms with van der Waals surface area (Å²) in [6, 6.07) is 9.48. The second kappa shape index (κ2) is 6.88. The van der Waals surface area contributed by atoms with Crippen molar-refractivity contribution in [1.82, 2.24) is 10.3 Å². The van der Waals surface area contributed by atoms with Crippen LogP contribution < -0.4 is 10.1 Å². The number of hydrogen-bond donors (Lipinski definition) is 1. The molecule has 0 spiro atoms. The molecule has 1 aromatic heterocycles. The average Bonchev–Trinajstić information content (AvgIpc) is 2.47. The van der Waals surface area contributed by atoms with Gasteiger partial charge in [-0.05, 0) is 43.5 Å². The number of rotatable bonds is 5. The molecule has 0 unspecified atom stereocenters. The second-order valence-electron chi connectivity index (χ2n) is 5.00. The van der Waals surface area contributed by atoms with Gasteiger partial charge in [0, 0.05) is 12.7 Å². The quantitative estimate of drug-likeness (QED) is 0.918. The highest BCUT2D eigenvalue weighted by molar-refractivity contribution is 5.92. The van der Waals surface area contributed by atoms with Gasteiger partial charge >= 0.3 is 0 Å². The summed E-state index contributed by atoms with van der Waals surface area (Å²) >= 11 is 0. The molecule has 2 rings (SSSR count). The summed E-state index contributed by atoms with van der Waals surface area (Å²) in [6.45, 7) is 4.64. The smallest absolute Gasteiger partial charge is 0.269 e. The van der Waals surface area contributed by atoms with E-state index in [-0.39, 0.29) is 5.91 Å². The number of nitrogens with zero attached hydrogens (tertiary/aromatic N) is 1. The molecule has 0 atom stereocenters. The lowest BCUT2D eigenvalue weighted by molar-refractivity contribution is 0.0949. The molecular weight excluding hydrogens is 264 g/mol. The molecule has 0 aliphatic heterocycles. The standard InChI is InChI=1S/C17H20N2O2/c1-12-10-13(2)16(21-3)14(11-12)7-9-19-17(20)15-6-4-5-8-18-15/h4-6,8,10-11H,7,9H2,1-3H3,(H,19,20). The molecule has 1 heterocycles. The van der Waals surface area contributed by atoms with Gasteiger partial charge in [-0.2, -0.15) is 0 Å². The number of aryl methyl sites for hydroxylation is 2. The average molecular weight is 284 g/mol. The summed E-state index contributed by atoms with van der Waals surface area (Å²) in [5.74, 6) is 0.742. The van der Waals surface area contributed by atoms with Gasteiger partial charge in [0.15, 0.2) is 0 Å². The largest absolute Gasteiger partial charge is 0.496 e. The number of nitrogens with one attached hydrogen (secondary N) is 1. The predicted molar refractivity (Wildman–Crippen MR) is 82.7 cm³/mol. The molecule has 0 aliphatic carbocycles. The van der Waals surface area contributed by atoms with E-state index in [2.05, 4.69) is 29.4 Å². The van der Waals surface area contributed by atoms with Crippen molar-refractivity contribution >= 4 is 5.91 Å². The first kappa shape index (κ1) is 15.0. The Labute approximate surface area is 125 Å². The van der Waals surface area contributed by atoms with E-state index in [9.17, 15) is 4.79 Å². The van der Waals surface area contributed by atoms with Crippen molar-refractivity contribution in [2.24, 2.45) is 0 Å². The predicted octanol–water partition coefficient (Wildman–Crippen LogP) is 2.68. The van der Waals surface area contributed by atoms with Gasteiger partial charge in [0.05, 0.1) is 7.11 Å². The van der Waals surface area contributed by atoms with E-state index in [1.54, 1.807) is 31.5 Å². The fourth-order valence-electron chi connectivity index (χ4n) is 2.42. The maximum Gasteiger partial charge on any atom is 0.269 e. The van der Waals surface area contributed by atoms with Crippen LogP contribution in [-0.4, -0.2) is 24.5 Å². The third kappa shape index (κ3) is 3.81. The molecule has 0 saturated carbocycles. The molecule has 4 nitrogen and oxygen atoms in total. The zero-order chi connectivity index (χ0) is 15.2. The van der Waals surface area contributed by atoms with Gasteiger partial charge in [0.1, 0.15) is 11.4 Å². The van der Waals surface area contributed by atoms with Gasteiger partial charge in [-0.15, -0.1) is 0 Å². The summed E-state index contributed by atoms with van der Waals surface area (Å²) < 4.78 is 5.45. The summed E-state index contributed by atoms with van der Waals surface area (Å²) in [5.41, 5.74) is 3.85. The lowest BCUT2D eigenvalue weighted by Gasteiger charge is -2.13. The van der Waals surface area contributed by atoms with Gasteiger partial charge < -0.3 is 10.1 Å². The van der Waals surface area contributed by atoms with Crippen molar-refractivity contribution in [3.63, 3.8) is 0 Å². The number of hydrogen-bond acceptors (Lipinski definition) is 3. The van der Waals surface area contributed by atoms with Gasteiger partial charge in [0.25, 0.3) is 5.91 Å². The molecule has 110 valence electrons. The summed E-state index contributed by atoms with van der Waals surface area (Å²) in [5, 5.41) is 2.88. The lowest BCUT2D eigenvalue weighted by atomic mass is 10.0. The summed E-state index contributed by atoms with van der Waals surface area (Å²) in [4.78, 5) is 15.9. The van der Waals surface area contributed by atoms with E-state index in [0.717, 1.165) is 23.3 Å². The zero-order valence-electron chi connectivity index (χ0n) is 12.6. The highest BCUT2D eigenvalue weighted by Crippen LogP contribution is 2.25. The molecule has 0 fully saturated rings. The SMILES string of the molecule is COc1c(C)cc(C)cc1CCNC(=O)c1ccccn1. The van der Waals surface area contributed by atoms with Gasteiger partial charge in [-0.1, -0.05) is 23.8 Å². The molecular formula is C17H20N2O2. The highest BCUT2D eigenvalue weighted by atomic mass is 16.5. The Hall–Kier alpha value is -2.36. The van der Waals surface area contributed by atoms with Gasteiger partial charge in [0.2, 0.25) is 0 Å². The normalized spacial score (nSPS) is 10.2. The van der Waals surface area contributed by atoms with E-state index in [4.69, 9.17) is 4.74 Å². The van der Waals surface area contributed by atoms with Crippen LogP contribution >= 0.6 is 0 Å². The Morgan fingerprint density at radius 2 is 2.10 bits per heavy atom. The Kier molecular flexibility index (Phi) is 4.93. The molecule has 21 heavy (non-hydrogen) atoms. The van der Waals surface area contributed by atoms with Crippen LogP contribution in [0.1, 0.15) is 27.2 Å². The molecule has 4 heteroatoms. The first-order valence-electron chi connectivity index (χ1n) is 6.95. The van der Waals surface area contributed by atoms with Crippen molar-refractivity contribution in [3.8, 4) is 5.75 Å². The number of carbonyl (C=O) groups excluding carboxylic acids is 1. The van der Waals surface area contributed by atoms with E-state index in [1.165, 1.54) is 5.56 Å². The minimum atomic E-state index is -0.154. The number of pyridine rings is 1. The molecule has 2 aromatic rings. The molecule has 1 N–H and O–H groups in total.